The summed E-state index contributed by atoms with van der Waals surface area (Å²) in [6.07, 6.45) is 0. The molecule has 1 saturated heterocycles. The fourth-order valence-electron chi connectivity index (χ4n) is 1.74. The Balaban J connectivity index is 2.20. The maximum Gasteiger partial charge on any atom is 0.292 e. The van der Waals surface area contributed by atoms with Gasteiger partial charge in [0.25, 0.3) is 15.7 Å². The summed E-state index contributed by atoms with van der Waals surface area (Å²) in [5, 5.41) is 12.1. The summed E-state index contributed by atoms with van der Waals surface area (Å²) in [7, 11) is -3.81. The van der Waals surface area contributed by atoms with E-state index in [4.69, 9.17) is 10.5 Å². The Hall–Kier alpha value is -1.75. The molecule has 9 nitrogen and oxygen atoms in total. The van der Waals surface area contributed by atoms with Gasteiger partial charge in [0.1, 0.15) is 5.69 Å². The molecule has 0 spiro atoms. The number of rotatable bonds is 4. The molecule has 1 aliphatic rings. The second-order valence-corrected chi connectivity index (χ2v) is 5.83. The molecule has 1 aromatic carbocycles. The third-order valence-electron chi connectivity index (χ3n) is 2.77. The zero-order chi connectivity index (χ0) is 14.8. The van der Waals surface area contributed by atoms with E-state index in [0.717, 1.165) is 18.2 Å². The van der Waals surface area contributed by atoms with Gasteiger partial charge in [0.15, 0.2) is 0 Å². The molecular weight excluding hydrogens is 288 g/mol. The van der Waals surface area contributed by atoms with Crippen LogP contribution in [0.4, 0.5) is 11.4 Å². The van der Waals surface area contributed by atoms with Crippen LogP contribution in [-0.2, 0) is 14.8 Å². The first-order valence-corrected chi connectivity index (χ1v) is 7.27. The predicted molar refractivity (Wildman–Crippen MR) is 70.2 cm³/mol. The van der Waals surface area contributed by atoms with Crippen molar-refractivity contribution in [2.75, 3.05) is 32.0 Å². The molecule has 1 aromatic rings. The molecule has 1 aliphatic heterocycles. The van der Waals surface area contributed by atoms with Gasteiger partial charge in [-0.15, -0.1) is 4.83 Å². The second kappa shape index (κ2) is 5.71. The van der Waals surface area contributed by atoms with Crippen LogP contribution >= 0.6 is 0 Å². The lowest BCUT2D eigenvalue weighted by Gasteiger charge is -2.26. The molecule has 0 aromatic heterocycles. The van der Waals surface area contributed by atoms with Gasteiger partial charge in [0.2, 0.25) is 0 Å². The highest BCUT2D eigenvalue weighted by Gasteiger charge is 2.22. The van der Waals surface area contributed by atoms with Crippen LogP contribution in [0.5, 0.6) is 0 Å². The molecule has 20 heavy (non-hydrogen) atoms. The molecule has 1 heterocycles. The first kappa shape index (κ1) is 14.7. The van der Waals surface area contributed by atoms with Crippen molar-refractivity contribution in [2.45, 2.75) is 4.90 Å². The van der Waals surface area contributed by atoms with Crippen LogP contribution in [0.3, 0.4) is 0 Å². The lowest BCUT2D eigenvalue weighted by Crippen LogP contribution is -2.48. The van der Waals surface area contributed by atoms with Crippen molar-refractivity contribution in [3.05, 3.63) is 28.3 Å². The topological polar surface area (TPSA) is 128 Å². The van der Waals surface area contributed by atoms with E-state index >= 15 is 0 Å². The smallest absolute Gasteiger partial charge is 0.292 e. The largest absolute Gasteiger partial charge is 0.393 e. The van der Waals surface area contributed by atoms with Crippen molar-refractivity contribution in [1.29, 1.82) is 0 Å². The average molecular weight is 302 g/mol. The number of hydrogen-bond acceptors (Lipinski definition) is 7. The third-order valence-corrected chi connectivity index (χ3v) is 4.14. The van der Waals surface area contributed by atoms with E-state index in [0.29, 0.717) is 26.3 Å². The van der Waals surface area contributed by atoms with E-state index in [1.807, 2.05) is 0 Å². The Labute approximate surface area is 115 Å². The number of morpholine rings is 1. The van der Waals surface area contributed by atoms with Gasteiger partial charge in [-0.25, -0.2) is 13.4 Å². The van der Waals surface area contributed by atoms with Gasteiger partial charge >= 0.3 is 0 Å². The van der Waals surface area contributed by atoms with Crippen molar-refractivity contribution in [1.82, 2.24) is 9.84 Å². The average Bonchev–Trinajstić information content (AvgIpc) is 2.38. The van der Waals surface area contributed by atoms with Crippen LogP contribution in [0.1, 0.15) is 0 Å². The zero-order valence-electron chi connectivity index (χ0n) is 10.5. The van der Waals surface area contributed by atoms with Crippen molar-refractivity contribution in [2.24, 2.45) is 0 Å². The number of nitrogens with two attached hydrogens (primary N) is 1. The number of nitrogen functional groups attached to an aromatic ring is 1. The molecule has 2 rings (SSSR count). The first-order chi connectivity index (χ1) is 9.40. The van der Waals surface area contributed by atoms with Crippen LogP contribution < -0.4 is 10.6 Å². The molecule has 0 amide bonds. The summed E-state index contributed by atoms with van der Waals surface area (Å²) in [5.41, 5.74) is 4.97. The Morgan fingerprint density at radius 1 is 1.35 bits per heavy atom. The summed E-state index contributed by atoms with van der Waals surface area (Å²) < 4.78 is 29.3. The summed E-state index contributed by atoms with van der Waals surface area (Å²) in [5.74, 6) is 0. The molecule has 0 bridgehead atoms. The molecule has 10 heteroatoms. The predicted octanol–water partition coefficient (Wildman–Crippen LogP) is -0.297. The Morgan fingerprint density at radius 3 is 2.55 bits per heavy atom. The summed E-state index contributed by atoms with van der Waals surface area (Å²) in [6.45, 7) is 1.74. The number of ether oxygens (including phenoxy) is 1. The van der Waals surface area contributed by atoms with Crippen molar-refractivity contribution in [3.8, 4) is 0 Å². The minimum atomic E-state index is -3.81. The van der Waals surface area contributed by atoms with E-state index in [2.05, 4.69) is 4.83 Å². The Kier molecular flexibility index (Phi) is 4.18. The number of nitro benzene ring substituents is 1. The number of sulfonamides is 1. The number of nitrogens with zero attached hydrogens (tertiary/aromatic N) is 2. The van der Waals surface area contributed by atoms with E-state index in [1.165, 1.54) is 5.01 Å². The maximum absolute atomic E-state index is 12.1. The summed E-state index contributed by atoms with van der Waals surface area (Å²) >= 11 is 0. The normalized spacial score (nSPS) is 17.0. The molecule has 0 unspecified atom stereocenters. The van der Waals surface area contributed by atoms with E-state index in [1.54, 1.807) is 0 Å². The van der Waals surface area contributed by atoms with Crippen LogP contribution in [-0.4, -0.2) is 44.7 Å². The Morgan fingerprint density at radius 2 is 2.00 bits per heavy atom. The number of hydrogen-bond donors (Lipinski definition) is 2. The fraction of sp³-hybridized carbons (Fsp3) is 0.400. The molecule has 0 radical (unpaired) electrons. The standard InChI is InChI=1S/C10H14N4O5S/c11-9-7-8(1-2-10(9)14(15)16)20(17,18)12-13-3-5-19-6-4-13/h1-2,7,12H,3-6,11H2. The molecule has 110 valence electrons. The third kappa shape index (κ3) is 3.22. The highest BCUT2D eigenvalue weighted by Crippen LogP contribution is 2.24. The summed E-state index contributed by atoms with van der Waals surface area (Å²) in [4.78, 5) is 12.2. The van der Waals surface area contributed by atoms with Gasteiger partial charge in [-0.3, -0.25) is 10.1 Å². The molecule has 0 saturated carbocycles. The molecular formula is C10H14N4O5S. The lowest BCUT2D eigenvalue weighted by molar-refractivity contribution is -0.383. The Bertz CT molecular complexity index is 612. The quantitative estimate of drug-likeness (QED) is 0.444. The minimum Gasteiger partial charge on any atom is -0.393 e. The monoisotopic (exact) mass is 302 g/mol. The number of nitrogens with one attached hydrogen (secondary N) is 1. The van der Waals surface area contributed by atoms with Crippen LogP contribution in [0.25, 0.3) is 0 Å². The van der Waals surface area contributed by atoms with Gasteiger partial charge < -0.3 is 10.5 Å². The lowest BCUT2D eigenvalue weighted by atomic mass is 10.3. The first-order valence-electron chi connectivity index (χ1n) is 5.79. The second-order valence-electron chi connectivity index (χ2n) is 4.17. The number of hydrazine groups is 1. The van der Waals surface area contributed by atoms with Crippen LogP contribution in [0.2, 0.25) is 0 Å². The molecule has 0 atom stereocenters. The summed E-state index contributed by atoms with van der Waals surface area (Å²) in [6, 6.07) is 3.29. The SMILES string of the molecule is Nc1cc(S(=O)(=O)NN2CCOCC2)ccc1[N+](=O)[O-]. The highest BCUT2D eigenvalue weighted by atomic mass is 32.2. The minimum absolute atomic E-state index is 0.118. The van der Waals surface area contributed by atoms with E-state index in [9.17, 15) is 18.5 Å². The highest BCUT2D eigenvalue weighted by molar-refractivity contribution is 7.89. The van der Waals surface area contributed by atoms with Gasteiger partial charge in [0, 0.05) is 19.2 Å². The van der Waals surface area contributed by atoms with Crippen molar-refractivity contribution in [3.63, 3.8) is 0 Å². The van der Waals surface area contributed by atoms with Crippen molar-refractivity contribution >= 4 is 21.4 Å². The zero-order valence-corrected chi connectivity index (χ0v) is 11.3. The van der Waals surface area contributed by atoms with Crippen LogP contribution in [0.15, 0.2) is 23.1 Å². The van der Waals surface area contributed by atoms with E-state index < -0.39 is 14.9 Å². The van der Waals surface area contributed by atoms with Gasteiger partial charge in [-0.05, 0) is 12.1 Å². The molecule has 1 fully saturated rings. The van der Waals surface area contributed by atoms with Gasteiger partial charge in [0.05, 0.1) is 23.0 Å². The maximum atomic E-state index is 12.1. The number of benzene rings is 1. The van der Waals surface area contributed by atoms with Gasteiger partial charge in [-0.1, -0.05) is 0 Å². The molecule has 3 N–H and O–H groups in total. The number of nitro groups is 1. The molecule has 0 aliphatic carbocycles. The van der Waals surface area contributed by atoms with Gasteiger partial charge in [-0.2, -0.15) is 0 Å². The van der Waals surface area contributed by atoms with E-state index in [-0.39, 0.29) is 16.3 Å². The number of anilines is 1. The van der Waals surface area contributed by atoms with Crippen LogP contribution in [0, 0.1) is 10.1 Å². The van der Waals surface area contributed by atoms with Crippen molar-refractivity contribution < 1.29 is 18.1 Å². The fourth-order valence-corrected chi connectivity index (χ4v) is 2.90.